The lowest BCUT2D eigenvalue weighted by Gasteiger charge is -2.18. The van der Waals surface area contributed by atoms with Crippen molar-refractivity contribution in [1.82, 2.24) is 0 Å². The second-order valence-electron chi connectivity index (χ2n) is 3.90. The smallest absolute Gasteiger partial charge is 0.151 e. The predicted octanol–water partition coefficient (Wildman–Crippen LogP) is 4.11. The summed E-state index contributed by atoms with van der Waals surface area (Å²) in [7, 11) is 0. The standard InChI is InChI=1S/C13H14OS4/c14-13(9(7-15)11-3-1-5-17-11)10(8-16)12-4-2-6-18-12/h1-6,9-10,15-16H,7-8H2. The summed E-state index contributed by atoms with van der Waals surface area (Å²) in [4.78, 5) is 14.8. The van der Waals surface area contributed by atoms with Gasteiger partial charge in [-0.25, -0.2) is 0 Å². The third-order valence-electron chi connectivity index (χ3n) is 2.83. The van der Waals surface area contributed by atoms with Gasteiger partial charge in [-0.05, 0) is 22.9 Å². The van der Waals surface area contributed by atoms with Crippen LogP contribution in [0.4, 0.5) is 0 Å². The Labute approximate surface area is 126 Å². The molecule has 2 aromatic heterocycles. The summed E-state index contributed by atoms with van der Waals surface area (Å²) in [5.41, 5.74) is 0. The van der Waals surface area contributed by atoms with Crippen LogP contribution in [0.2, 0.25) is 0 Å². The fraction of sp³-hybridized carbons (Fsp3) is 0.308. The third kappa shape index (κ3) is 3.02. The zero-order chi connectivity index (χ0) is 13.0. The van der Waals surface area contributed by atoms with Crippen LogP contribution in [0.5, 0.6) is 0 Å². The molecule has 18 heavy (non-hydrogen) atoms. The van der Waals surface area contributed by atoms with Crippen LogP contribution < -0.4 is 0 Å². The average Bonchev–Trinajstić information content (AvgIpc) is 3.03. The quantitative estimate of drug-likeness (QED) is 0.768. The molecule has 2 rings (SSSR count). The highest BCUT2D eigenvalue weighted by atomic mass is 32.1. The van der Waals surface area contributed by atoms with Crippen LogP contribution in [0.3, 0.4) is 0 Å². The van der Waals surface area contributed by atoms with Crippen molar-refractivity contribution in [2.24, 2.45) is 0 Å². The Kier molecular flexibility index (Phi) is 5.36. The average molecular weight is 315 g/mol. The van der Waals surface area contributed by atoms with Gasteiger partial charge >= 0.3 is 0 Å². The van der Waals surface area contributed by atoms with Gasteiger partial charge in [0.2, 0.25) is 0 Å². The Morgan fingerprint density at radius 1 is 1.00 bits per heavy atom. The van der Waals surface area contributed by atoms with Crippen LogP contribution in [0.15, 0.2) is 35.0 Å². The van der Waals surface area contributed by atoms with Gasteiger partial charge in [0.25, 0.3) is 0 Å². The number of rotatable bonds is 6. The topological polar surface area (TPSA) is 17.1 Å². The first-order valence-electron chi connectivity index (χ1n) is 5.60. The third-order valence-corrected chi connectivity index (χ3v) is 5.53. The molecule has 0 saturated carbocycles. The maximum absolute atomic E-state index is 12.6. The molecule has 0 aliphatic heterocycles. The van der Waals surface area contributed by atoms with E-state index in [0.717, 1.165) is 9.75 Å². The second kappa shape index (κ2) is 6.80. The summed E-state index contributed by atoms with van der Waals surface area (Å²) in [6.45, 7) is 0. The molecule has 0 amide bonds. The molecule has 0 spiro atoms. The molecule has 2 heterocycles. The van der Waals surface area contributed by atoms with Gasteiger partial charge in [-0.15, -0.1) is 22.7 Å². The first-order valence-corrected chi connectivity index (χ1v) is 8.62. The van der Waals surface area contributed by atoms with Crippen molar-refractivity contribution in [2.75, 3.05) is 11.5 Å². The monoisotopic (exact) mass is 314 g/mol. The highest BCUT2D eigenvalue weighted by Gasteiger charge is 2.28. The van der Waals surface area contributed by atoms with Crippen molar-refractivity contribution < 1.29 is 4.79 Å². The number of carbonyl (C=O) groups excluding carboxylic acids is 1. The maximum Gasteiger partial charge on any atom is 0.151 e. The van der Waals surface area contributed by atoms with Crippen molar-refractivity contribution >= 4 is 53.7 Å². The van der Waals surface area contributed by atoms with Gasteiger partial charge in [0.05, 0.1) is 11.8 Å². The normalized spacial score (nSPS) is 14.3. The van der Waals surface area contributed by atoms with E-state index in [0.29, 0.717) is 11.5 Å². The van der Waals surface area contributed by atoms with Crippen molar-refractivity contribution in [3.05, 3.63) is 44.8 Å². The largest absolute Gasteiger partial charge is 0.298 e. The van der Waals surface area contributed by atoms with Crippen molar-refractivity contribution in [3.63, 3.8) is 0 Å². The van der Waals surface area contributed by atoms with Crippen molar-refractivity contribution in [3.8, 4) is 0 Å². The molecule has 0 aliphatic rings. The number of thiol groups is 2. The number of hydrogen-bond acceptors (Lipinski definition) is 5. The zero-order valence-corrected chi connectivity index (χ0v) is 13.1. The van der Waals surface area contributed by atoms with E-state index in [1.54, 1.807) is 22.7 Å². The molecular formula is C13H14OS4. The molecule has 0 N–H and O–H groups in total. The van der Waals surface area contributed by atoms with Crippen LogP contribution in [-0.4, -0.2) is 17.3 Å². The highest BCUT2D eigenvalue weighted by Crippen LogP contribution is 2.32. The minimum absolute atomic E-state index is 0.118. The molecule has 0 bridgehead atoms. The molecule has 96 valence electrons. The Hall–Kier alpha value is -0.230. The minimum atomic E-state index is -0.118. The molecule has 0 radical (unpaired) electrons. The van der Waals surface area contributed by atoms with Gasteiger partial charge < -0.3 is 0 Å². The Balaban J connectivity index is 2.23. The fourth-order valence-electron chi connectivity index (χ4n) is 1.86. The SMILES string of the molecule is O=C(C(CS)c1cccs1)C(CS)c1cccs1. The van der Waals surface area contributed by atoms with E-state index < -0.39 is 0 Å². The summed E-state index contributed by atoms with van der Waals surface area (Å²) in [5, 5.41) is 4.00. The summed E-state index contributed by atoms with van der Waals surface area (Å²) in [5.74, 6) is 1.09. The van der Waals surface area contributed by atoms with Gasteiger partial charge in [0, 0.05) is 21.3 Å². The molecule has 2 aromatic rings. The lowest BCUT2D eigenvalue weighted by atomic mass is 9.93. The van der Waals surface area contributed by atoms with Gasteiger partial charge in [-0.2, -0.15) is 25.3 Å². The fourth-order valence-corrected chi connectivity index (χ4v) is 4.53. The van der Waals surface area contributed by atoms with E-state index in [1.807, 2.05) is 35.0 Å². The van der Waals surface area contributed by atoms with E-state index in [9.17, 15) is 4.79 Å². The van der Waals surface area contributed by atoms with E-state index in [1.165, 1.54) is 0 Å². The Bertz CT molecular complexity index is 431. The molecule has 0 saturated heterocycles. The predicted molar refractivity (Wildman–Crippen MR) is 86.8 cm³/mol. The van der Waals surface area contributed by atoms with Crippen LogP contribution in [-0.2, 0) is 4.79 Å². The summed E-state index contributed by atoms with van der Waals surface area (Å²) in [6, 6.07) is 7.97. The second-order valence-corrected chi connectivity index (χ2v) is 6.59. The molecule has 1 nitrogen and oxygen atoms in total. The van der Waals surface area contributed by atoms with Crippen LogP contribution in [0.25, 0.3) is 0 Å². The number of carbonyl (C=O) groups is 1. The number of Topliss-reactive ketones (excluding diaryl/α,β-unsaturated/α-hetero) is 1. The number of hydrogen-bond donors (Lipinski definition) is 2. The maximum atomic E-state index is 12.6. The summed E-state index contributed by atoms with van der Waals surface area (Å²) >= 11 is 11.9. The van der Waals surface area contributed by atoms with Crippen LogP contribution in [0.1, 0.15) is 21.6 Å². The lowest BCUT2D eigenvalue weighted by Crippen LogP contribution is -2.22. The van der Waals surface area contributed by atoms with E-state index in [2.05, 4.69) is 25.3 Å². The van der Waals surface area contributed by atoms with Gasteiger partial charge in [-0.3, -0.25) is 4.79 Å². The zero-order valence-electron chi connectivity index (χ0n) is 9.65. The van der Waals surface area contributed by atoms with Gasteiger partial charge in [0.15, 0.2) is 5.78 Å². The molecule has 2 atom stereocenters. The van der Waals surface area contributed by atoms with Crippen LogP contribution >= 0.6 is 47.9 Å². The number of ketones is 1. The molecule has 0 aliphatic carbocycles. The Morgan fingerprint density at radius 3 is 1.72 bits per heavy atom. The first kappa shape index (κ1) is 14.2. The molecular weight excluding hydrogens is 300 g/mol. The van der Waals surface area contributed by atoms with E-state index in [-0.39, 0.29) is 17.6 Å². The molecule has 2 unspecified atom stereocenters. The van der Waals surface area contributed by atoms with Crippen molar-refractivity contribution in [1.29, 1.82) is 0 Å². The molecule has 0 aromatic carbocycles. The van der Waals surface area contributed by atoms with Gasteiger partial charge in [0.1, 0.15) is 0 Å². The van der Waals surface area contributed by atoms with Crippen LogP contribution in [0, 0.1) is 0 Å². The first-order chi connectivity index (χ1) is 8.77. The van der Waals surface area contributed by atoms with E-state index >= 15 is 0 Å². The minimum Gasteiger partial charge on any atom is -0.298 e. The summed E-state index contributed by atoms with van der Waals surface area (Å²) in [6.07, 6.45) is 0. The summed E-state index contributed by atoms with van der Waals surface area (Å²) < 4.78 is 0. The van der Waals surface area contributed by atoms with Gasteiger partial charge in [-0.1, -0.05) is 12.1 Å². The Morgan fingerprint density at radius 2 is 1.44 bits per heavy atom. The van der Waals surface area contributed by atoms with E-state index in [4.69, 9.17) is 0 Å². The lowest BCUT2D eigenvalue weighted by molar-refractivity contribution is -0.120. The number of thiophene rings is 2. The van der Waals surface area contributed by atoms with Crippen molar-refractivity contribution in [2.45, 2.75) is 11.8 Å². The molecule has 5 heteroatoms. The molecule has 0 fully saturated rings. The highest BCUT2D eigenvalue weighted by molar-refractivity contribution is 7.80.